The van der Waals surface area contributed by atoms with Gasteiger partial charge in [-0.25, -0.2) is 0 Å². The minimum absolute atomic E-state index is 0.116. The van der Waals surface area contributed by atoms with E-state index in [1.807, 2.05) is 0 Å². The van der Waals surface area contributed by atoms with E-state index >= 15 is 0 Å². The van der Waals surface area contributed by atoms with Gasteiger partial charge in [0.2, 0.25) is 0 Å². The maximum atomic E-state index is 5.84. The first-order chi connectivity index (χ1) is 26.0. The van der Waals surface area contributed by atoms with Crippen LogP contribution in [0.25, 0.3) is 11.1 Å². The molecule has 1 aliphatic rings. The molecule has 280 valence electrons. The van der Waals surface area contributed by atoms with Crippen molar-refractivity contribution in [1.29, 1.82) is 0 Å². The molecule has 6 rings (SSSR count). The lowest BCUT2D eigenvalue weighted by Crippen LogP contribution is -2.48. The van der Waals surface area contributed by atoms with Crippen LogP contribution < -0.4 is 15.3 Å². The van der Waals surface area contributed by atoms with Crippen molar-refractivity contribution in [2.75, 3.05) is 27.2 Å². The molecule has 0 heterocycles. The smallest absolute Gasteiger partial charge is 0.119 e. The molecule has 0 saturated carbocycles. The first kappa shape index (κ1) is 40.7. The molecule has 0 spiro atoms. The highest BCUT2D eigenvalue weighted by Gasteiger charge is 2.63. The molecular weight excluding hydrogens is 674 g/mol. The van der Waals surface area contributed by atoms with E-state index in [0.717, 1.165) is 25.1 Å². The summed E-state index contributed by atoms with van der Waals surface area (Å²) < 4.78 is 5.84. The van der Waals surface area contributed by atoms with Crippen LogP contribution in [0.15, 0.2) is 169 Å². The van der Waals surface area contributed by atoms with Gasteiger partial charge in [0.15, 0.2) is 0 Å². The molecule has 0 unspecified atom stereocenters. The second-order valence-corrected chi connectivity index (χ2v) is 19.7. The fourth-order valence-electron chi connectivity index (χ4n) is 7.55. The number of hydrogen-bond acceptors (Lipinski definition) is 2. The molecule has 5 aromatic rings. The Morgan fingerprint density at radius 3 is 1.57 bits per heavy atom. The summed E-state index contributed by atoms with van der Waals surface area (Å²) in [5.41, 5.74) is 6.38. The molecule has 3 heteroatoms. The molecule has 0 saturated heterocycles. The van der Waals surface area contributed by atoms with Crippen molar-refractivity contribution in [3.63, 3.8) is 0 Å². The Bertz CT molecular complexity index is 1930. The number of benzene rings is 5. The maximum absolute atomic E-state index is 5.84. The van der Waals surface area contributed by atoms with Crippen LogP contribution in [0.3, 0.4) is 0 Å². The zero-order chi connectivity index (χ0) is 38.6. The minimum atomic E-state index is -1.84. The molecule has 1 aliphatic carbocycles. The van der Waals surface area contributed by atoms with E-state index in [9.17, 15) is 0 Å². The van der Waals surface area contributed by atoms with Gasteiger partial charge >= 0.3 is 0 Å². The summed E-state index contributed by atoms with van der Waals surface area (Å²) in [7, 11) is 2.26. The summed E-state index contributed by atoms with van der Waals surface area (Å²) in [6.07, 6.45) is 10.8. The summed E-state index contributed by atoms with van der Waals surface area (Å²) in [6, 6.07) is 52.2. The molecule has 5 aromatic carbocycles. The number of hydrogen-bond donors (Lipinski definition) is 0. The normalized spacial score (nSPS) is 13.8. The fraction of sp³-hybridized carbons (Fsp3) is 0.294. The third-order valence-corrected chi connectivity index (χ3v) is 17.2. The van der Waals surface area contributed by atoms with Gasteiger partial charge in [0.1, 0.15) is 35.5 Å². The number of likely N-dealkylation sites (N-methyl/N-ethyl adjacent to an activating group) is 1. The summed E-state index contributed by atoms with van der Waals surface area (Å²) in [4.78, 5) is 2.12. The third kappa shape index (κ3) is 9.06. The van der Waals surface area contributed by atoms with Gasteiger partial charge < -0.3 is 9.64 Å². The summed E-state index contributed by atoms with van der Waals surface area (Å²) in [5, 5.41) is 4.67. The van der Waals surface area contributed by atoms with E-state index < -0.39 is 7.26 Å². The second kappa shape index (κ2) is 18.7. The second-order valence-electron chi connectivity index (χ2n) is 15.7. The van der Waals surface area contributed by atoms with Crippen molar-refractivity contribution in [2.24, 2.45) is 5.41 Å². The molecule has 0 fully saturated rings. The van der Waals surface area contributed by atoms with Crippen LogP contribution in [0, 0.1) is 5.41 Å². The lowest BCUT2D eigenvalue weighted by Gasteiger charge is -2.49. The van der Waals surface area contributed by atoms with E-state index in [4.69, 9.17) is 4.74 Å². The van der Waals surface area contributed by atoms with Gasteiger partial charge in [-0.2, -0.15) is 0 Å². The van der Waals surface area contributed by atoms with Gasteiger partial charge in [0, 0.05) is 12.0 Å². The Morgan fingerprint density at radius 1 is 0.630 bits per heavy atom. The van der Waals surface area contributed by atoms with Gasteiger partial charge in [0.25, 0.3) is 0 Å². The number of rotatable bonds is 13. The van der Waals surface area contributed by atoms with Crippen LogP contribution in [0.5, 0.6) is 5.75 Å². The average Bonchev–Trinajstić information content (AvgIpc) is 3.21. The van der Waals surface area contributed by atoms with Crippen molar-refractivity contribution >= 4 is 29.0 Å². The highest BCUT2D eigenvalue weighted by Crippen LogP contribution is 2.77. The predicted molar refractivity (Wildman–Crippen MR) is 239 cm³/mol. The van der Waals surface area contributed by atoms with E-state index in [1.54, 1.807) is 5.31 Å². The molecule has 0 N–H and O–H groups in total. The third-order valence-electron chi connectivity index (χ3n) is 11.6. The average molecular weight is 735 g/mol. The van der Waals surface area contributed by atoms with Gasteiger partial charge in [-0.1, -0.05) is 136 Å². The van der Waals surface area contributed by atoms with Crippen molar-refractivity contribution in [1.82, 2.24) is 4.90 Å². The van der Waals surface area contributed by atoms with Crippen LogP contribution in [-0.4, -0.2) is 37.3 Å². The lowest BCUT2D eigenvalue weighted by molar-refractivity contribution is 0.261. The van der Waals surface area contributed by atoms with Crippen molar-refractivity contribution in [3.8, 4) is 5.75 Å². The Morgan fingerprint density at radius 2 is 1.11 bits per heavy atom. The van der Waals surface area contributed by atoms with E-state index in [1.165, 1.54) is 44.9 Å². The Hall–Kier alpha value is -4.49. The molecule has 0 radical (unpaired) electrons. The van der Waals surface area contributed by atoms with E-state index in [2.05, 4.69) is 224 Å². The summed E-state index contributed by atoms with van der Waals surface area (Å²) in [6.45, 7) is 16.1. The first-order valence-electron chi connectivity index (χ1n) is 19.6. The highest BCUT2D eigenvalue weighted by atomic mass is 31.2. The van der Waals surface area contributed by atoms with E-state index in [0.29, 0.717) is 6.61 Å². The van der Waals surface area contributed by atoms with Crippen LogP contribution in [0.2, 0.25) is 0 Å². The standard InChI is InChI=1S/C26H34P.C25H27NO/c1-6-25(2,3)26(4,5)27(22-16-10-7-11-17-22,23-18-12-8-13-19-23)24-20-14-9-15-21-24;1-20(21-10-6-4-7-11-21)25(22-12-8-5-9-13-22)23-14-16-24(17-15-23)27-19-18-26(2)3/h7-8,10-14,16-21H,6,9,15H2,1-5H3;4-17H,18-19H2,1-3H3/q+1;/b;25-20-. The Kier molecular flexibility index (Phi) is 14.1. The van der Waals surface area contributed by atoms with Crippen LogP contribution >= 0.6 is 7.26 Å². The molecule has 54 heavy (non-hydrogen) atoms. The van der Waals surface area contributed by atoms with Gasteiger partial charge in [-0.3, -0.25) is 0 Å². The molecule has 2 nitrogen and oxygen atoms in total. The van der Waals surface area contributed by atoms with Crippen molar-refractivity contribution in [2.45, 2.75) is 66.0 Å². The number of allylic oxidation sites excluding steroid dienone is 5. The lowest BCUT2D eigenvalue weighted by atomic mass is 9.78. The molecule has 0 aromatic heterocycles. The maximum Gasteiger partial charge on any atom is 0.119 e. The molecule has 0 atom stereocenters. The van der Waals surface area contributed by atoms with Gasteiger partial charge in [-0.15, -0.1) is 0 Å². The van der Waals surface area contributed by atoms with Crippen LogP contribution in [-0.2, 0) is 0 Å². The fourth-order valence-corrected chi connectivity index (χ4v) is 13.4. The molecule has 0 amide bonds. The quantitative estimate of drug-likeness (QED) is 0.0882. The summed E-state index contributed by atoms with van der Waals surface area (Å²) in [5.74, 6) is 0.908. The monoisotopic (exact) mass is 734 g/mol. The predicted octanol–water partition coefficient (Wildman–Crippen LogP) is 12.7. The molecule has 0 aliphatic heterocycles. The van der Waals surface area contributed by atoms with Crippen LogP contribution in [0.1, 0.15) is 77.5 Å². The Balaban J connectivity index is 0.000000208. The minimum Gasteiger partial charge on any atom is -0.492 e. The van der Waals surface area contributed by atoms with E-state index in [-0.39, 0.29) is 10.6 Å². The number of nitrogens with zero attached hydrogens (tertiary/aromatic N) is 1. The molecule has 0 bridgehead atoms. The zero-order valence-corrected chi connectivity index (χ0v) is 34.8. The Labute approximate surface area is 327 Å². The zero-order valence-electron chi connectivity index (χ0n) is 33.9. The van der Waals surface area contributed by atoms with Gasteiger partial charge in [0.05, 0.1) is 5.16 Å². The molecular formula is C51H61NOP+. The van der Waals surface area contributed by atoms with Crippen molar-refractivity contribution in [3.05, 3.63) is 186 Å². The summed E-state index contributed by atoms with van der Waals surface area (Å²) >= 11 is 0. The van der Waals surface area contributed by atoms with Gasteiger partial charge in [-0.05, 0) is 131 Å². The number of ether oxygens (including phenoxy) is 1. The van der Waals surface area contributed by atoms with Crippen LogP contribution in [0.4, 0.5) is 0 Å². The van der Waals surface area contributed by atoms with Crippen molar-refractivity contribution < 1.29 is 4.74 Å². The SMILES string of the molecule is C/C(=C(\c1ccccc1)c1ccc(OCCN(C)C)cc1)c1ccccc1.CCC(C)(C)C(C)(C)[P+](C1=CCCC=C1)(c1ccccc1)c1ccccc1. The largest absolute Gasteiger partial charge is 0.492 e. The highest BCUT2D eigenvalue weighted by molar-refractivity contribution is 7.94. The topological polar surface area (TPSA) is 12.5 Å². The first-order valence-corrected chi connectivity index (χ1v) is 21.4.